The fourth-order valence-electron chi connectivity index (χ4n) is 2.73. The van der Waals surface area contributed by atoms with Crippen molar-refractivity contribution in [1.82, 2.24) is 5.32 Å². The highest BCUT2D eigenvalue weighted by atomic mass is 16.1. The summed E-state index contributed by atoms with van der Waals surface area (Å²) in [5.74, 6) is 0.833. The van der Waals surface area contributed by atoms with Crippen LogP contribution in [-0.4, -0.2) is 17.5 Å². The van der Waals surface area contributed by atoms with Crippen LogP contribution in [-0.2, 0) is 4.79 Å². The van der Waals surface area contributed by atoms with Gasteiger partial charge in [0.05, 0.1) is 0 Å². The van der Waals surface area contributed by atoms with Crippen LogP contribution in [0.5, 0.6) is 0 Å². The SMILES string of the molecule is CC(C)CCC(C)NC(=O)CC1(N)CCCCC1. The Bertz CT molecular complexity index is 257. The van der Waals surface area contributed by atoms with Crippen molar-refractivity contribution in [2.75, 3.05) is 0 Å². The highest BCUT2D eigenvalue weighted by Gasteiger charge is 2.30. The van der Waals surface area contributed by atoms with Crippen molar-refractivity contribution < 1.29 is 4.79 Å². The zero-order chi connectivity index (χ0) is 13.6. The van der Waals surface area contributed by atoms with Crippen LogP contribution >= 0.6 is 0 Å². The lowest BCUT2D eigenvalue weighted by Crippen LogP contribution is -2.47. The Morgan fingerprint density at radius 2 is 1.78 bits per heavy atom. The largest absolute Gasteiger partial charge is 0.354 e. The van der Waals surface area contributed by atoms with E-state index < -0.39 is 0 Å². The minimum Gasteiger partial charge on any atom is -0.354 e. The first kappa shape index (κ1) is 15.5. The van der Waals surface area contributed by atoms with Gasteiger partial charge >= 0.3 is 0 Å². The van der Waals surface area contributed by atoms with Crippen molar-refractivity contribution in [3.63, 3.8) is 0 Å². The standard InChI is InChI=1S/C15H30N2O/c1-12(2)7-8-13(3)17-14(18)11-15(16)9-5-4-6-10-15/h12-13H,4-11,16H2,1-3H3,(H,17,18). The van der Waals surface area contributed by atoms with Gasteiger partial charge in [-0.2, -0.15) is 0 Å². The molecule has 1 aliphatic carbocycles. The van der Waals surface area contributed by atoms with Gasteiger partial charge in [0.2, 0.25) is 5.91 Å². The molecule has 0 bridgehead atoms. The first-order valence-corrected chi connectivity index (χ1v) is 7.49. The average molecular weight is 254 g/mol. The Balaban J connectivity index is 2.27. The Kier molecular flexibility index (Phi) is 6.13. The second-order valence-electron chi connectivity index (χ2n) is 6.54. The maximum Gasteiger partial charge on any atom is 0.222 e. The molecule has 0 saturated heterocycles. The molecule has 1 aliphatic rings. The number of nitrogens with one attached hydrogen (secondary N) is 1. The molecule has 0 aromatic carbocycles. The van der Waals surface area contributed by atoms with E-state index in [1.807, 2.05) is 0 Å². The summed E-state index contributed by atoms with van der Waals surface area (Å²) in [5.41, 5.74) is 6.06. The molecule has 0 aromatic heterocycles. The summed E-state index contributed by atoms with van der Waals surface area (Å²) in [6, 6.07) is 0.270. The monoisotopic (exact) mass is 254 g/mol. The van der Waals surface area contributed by atoms with Gasteiger partial charge in [0.15, 0.2) is 0 Å². The van der Waals surface area contributed by atoms with Gasteiger partial charge in [-0.3, -0.25) is 4.79 Å². The van der Waals surface area contributed by atoms with Gasteiger partial charge in [-0.1, -0.05) is 33.1 Å². The minimum atomic E-state index is -0.236. The van der Waals surface area contributed by atoms with Crippen LogP contribution in [0.25, 0.3) is 0 Å². The first-order chi connectivity index (χ1) is 8.41. The molecule has 1 atom stereocenters. The highest BCUT2D eigenvalue weighted by molar-refractivity contribution is 5.77. The molecule has 106 valence electrons. The van der Waals surface area contributed by atoms with Crippen molar-refractivity contribution in [2.24, 2.45) is 11.7 Å². The zero-order valence-corrected chi connectivity index (χ0v) is 12.3. The van der Waals surface area contributed by atoms with E-state index in [9.17, 15) is 4.79 Å². The summed E-state index contributed by atoms with van der Waals surface area (Å²) < 4.78 is 0. The molecule has 3 N–H and O–H groups in total. The van der Waals surface area contributed by atoms with E-state index in [4.69, 9.17) is 5.73 Å². The number of rotatable bonds is 6. The Hall–Kier alpha value is -0.570. The lowest BCUT2D eigenvalue weighted by atomic mass is 9.80. The smallest absolute Gasteiger partial charge is 0.222 e. The molecule has 3 nitrogen and oxygen atoms in total. The summed E-state index contributed by atoms with van der Waals surface area (Å²) in [4.78, 5) is 12.0. The van der Waals surface area contributed by atoms with Gasteiger partial charge in [0.1, 0.15) is 0 Å². The molecule has 1 unspecified atom stereocenters. The molecule has 1 fully saturated rings. The maximum atomic E-state index is 12.0. The van der Waals surface area contributed by atoms with Crippen LogP contribution in [0.2, 0.25) is 0 Å². The Morgan fingerprint density at radius 1 is 1.17 bits per heavy atom. The van der Waals surface area contributed by atoms with Crippen molar-refractivity contribution in [1.29, 1.82) is 0 Å². The molecule has 1 rings (SSSR count). The van der Waals surface area contributed by atoms with Crippen molar-refractivity contribution in [3.05, 3.63) is 0 Å². The molecule has 0 aromatic rings. The van der Waals surface area contributed by atoms with E-state index in [0.717, 1.165) is 25.7 Å². The van der Waals surface area contributed by atoms with E-state index in [-0.39, 0.29) is 17.5 Å². The van der Waals surface area contributed by atoms with Gasteiger partial charge in [-0.15, -0.1) is 0 Å². The third-order valence-corrected chi connectivity index (χ3v) is 3.95. The van der Waals surface area contributed by atoms with E-state index in [2.05, 4.69) is 26.1 Å². The molecule has 0 radical (unpaired) electrons. The third kappa shape index (κ3) is 5.85. The number of hydrogen-bond donors (Lipinski definition) is 2. The zero-order valence-electron chi connectivity index (χ0n) is 12.3. The number of carbonyl (C=O) groups excluding carboxylic acids is 1. The van der Waals surface area contributed by atoms with E-state index in [0.29, 0.717) is 12.3 Å². The number of carbonyl (C=O) groups is 1. The highest BCUT2D eigenvalue weighted by Crippen LogP contribution is 2.28. The molecular formula is C15H30N2O. The summed E-state index contributed by atoms with van der Waals surface area (Å²) in [5, 5.41) is 3.09. The van der Waals surface area contributed by atoms with Crippen molar-refractivity contribution in [2.45, 2.75) is 83.7 Å². The lowest BCUT2D eigenvalue weighted by molar-refractivity contribution is -0.123. The quantitative estimate of drug-likeness (QED) is 0.765. The second-order valence-corrected chi connectivity index (χ2v) is 6.54. The van der Waals surface area contributed by atoms with Gasteiger partial charge in [-0.05, 0) is 38.5 Å². The fourth-order valence-corrected chi connectivity index (χ4v) is 2.73. The van der Waals surface area contributed by atoms with E-state index in [1.165, 1.54) is 19.3 Å². The molecule has 0 spiro atoms. The number of hydrogen-bond acceptors (Lipinski definition) is 2. The summed E-state index contributed by atoms with van der Waals surface area (Å²) in [6.45, 7) is 6.52. The van der Waals surface area contributed by atoms with Gasteiger partial charge in [0.25, 0.3) is 0 Å². The van der Waals surface area contributed by atoms with Crippen molar-refractivity contribution >= 4 is 5.91 Å². The van der Waals surface area contributed by atoms with Gasteiger partial charge in [0, 0.05) is 18.0 Å². The summed E-state index contributed by atoms with van der Waals surface area (Å²) in [6.07, 6.45) is 8.33. The van der Waals surface area contributed by atoms with E-state index >= 15 is 0 Å². The van der Waals surface area contributed by atoms with E-state index in [1.54, 1.807) is 0 Å². The lowest BCUT2D eigenvalue weighted by Gasteiger charge is -2.33. The molecule has 0 aliphatic heterocycles. The Morgan fingerprint density at radius 3 is 2.33 bits per heavy atom. The molecule has 1 saturated carbocycles. The predicted octanol–water partition coefficient (Wildman–Crippen LogP) is 2.98. The average Bonchev–Trinajstić information content (AvgIpc) is 2.26. The summed E-state index contributed by atoms with van der Waals surface area (Å²) >= 11 is 0. The van der Waals surface area contributed by atoms with Crippen LogP contribution in [0.3, 0.4) is 0 Å². The summed E-state index contributed by atoms with van der Waals surface area (Å²) in [7, 11) is 0. The van der Waals surface area contributed by atoms with Crippen molar-refractivity contribution in [3.8, 4) is 0 Å². The fraction of sp³-hybridized carbons (Fsp3) is 0.933. The number of nitrogens with two attached hydrogens (primary N) is 1. The number of amides is 1. The molecule has 3 heteroatoms. The molecular weight excluding hydrogens is 224 g/mol. The predicted molar refractivity (Wildman–Crippen MR) is 76.3 cm³/mol. The second kappa shape index (κ2) is 7.13. The third-order valence-electron chi connectivity index (χ3n) is 3.95. The van der Waals surface area contributed by atoms with Crippen LogP contribution in [0.15, 0.2) is 0 Å². The topological polar surface area (TPSA) is 55.1 Å². The molecule has 18 heavy (non-hydrogen) atoms. The van der Waals surface area contributed by atoms with Crippen LogP contribution < -0.4 is 11.1 Å². The Labute approximate surface area is 112 Å². The normalized spacial score (nSPS) is 20.7. The van der Waals surface area contributed by atoms with Crippen LogP contribution in [0.4, 0.5) is 0 Å². The minimum absolute atomic E-state index is 0.135. The van der Waals surface area contributed by atoms with Crippen LogP contribution in [0, 0.1) is 5.92 Å². The first-order valence-electron chi connectivity index (χ1n) is 7.49. The van der Waals surface area contributed by atoms with Crippen LogP contribution in [0.1, 0.15) is 72.1 Å². The molecule has 1 amide bonds. The maximum absolute atomic E-state index is 12.0. The van der Waals surface area contributed by atoms with Gasteiger partial charge in [-0.25, -0.2) is 0 Å². The van der Waals surface area contributed by atoms with Gasteiger partial charge < -0.3 is 11.1 Å². The molecule has 0 heterocycles.